The molecule has 0 radical (unpaired) electrons. The summed E-state index contributed by atoms with van der Waals surface area (Å²) in [6.07, 6.45) is 0.560. The number of hydrogen-bond acceptors (Lipinski definition) is 4. The van der Waals surface area contributed by atoms with E-state index in [9.17, 15) is 4.39 Å². The highest BCUT2D eigenvalue weighted by atomic mass is 19.1. The van der Waals surface area contributed by atoms with E-state index < -0.39 is 7.12 Å². The van der Waals surface area contributed by atoms with Crippen molar-refractivity contribution < 1.29 is 19.2 Å². The van der Waals surface area contributed by atoms with Gasteiger partial charge < -0.3 is 20.5 Å². The van der Waals surface area contributed by atoms with E-state index in [1.807, 2.05) is 6.92 Å². The zero-order valence-electron chi connectivity index (χ0n) is 9.77. The predicted molar refractivity (Wildman–Crippen MR) is 64.2 cm³/mol. The van der Waals surface area contributed by atoms with Crippen molar-refractivity contribution in [3.05, 3.63) is 29.6 Å². The second-order valence-electron chi connectivity index (χ2n) is 4.05. The summed E-state index contributed by atoms with van der Waals surface area (Å²) in [6.45, 7) is 1.94. The zero-order chi connectivity index (χ0) is 12.8. The Hall–Kier alpha value is -1.11. The Morgan fingerprint density at radius 1 is 1.47 bits per heavy atom. The zero-order valence-corrected chi connectivity index (χ0v) is 9.77. The molecule has 0 amide bonds. The van der Waals surface area contributed by atoms with E-state index in [-0.39, 0.29) is 24.8 Å². The molecule has 94 valence electrons. The summed E-state index contributed by atoms with van der Waals surface area (Å²) >= 11 is 0. The minimum Gasteiger partial charge on any atom is -0.494 e. The largest absolute Gasteiger partial charge is 0.494 e. The maximum Gasteiger partial charge on any atom is 0.454 e. The quantitative estimate of drug-likeness (QED) is 0.636. The number of nitrogens with two attached hydrogens (primary N) is 1. The van der Waals surface area contributed by atoms with E-state index in [1.54, 1.807) is 12.1 Å². The first-order valence-electron chi connectivity index (χ1n) is 5.52. The molecule has 0 saturated carbocycles. The highest BCUT2D eigenvalue weighted by Crippen LogP contribution is 2.18. The molecule has 17 heavy (non-hydrogen) atoms. The standard InChI is InChI=1S/C11H17BFNO3/c1-8(14)6-9-2-3-10(7-11(9)13)17-5-4-12(15)16/h2-3,7-8,15-16H,4-6,14H2,1H3/t8-/m0/s1. The fourth-order valence-corrected chi connectivity index (χ4v) is 1.41. The molecule has 0 aliphatic rings. The molecule has 0 aliphatic heterocycles. The monoisotopic (exact) mass is 241 g/mol. The Kier molecular flexibility index (Phi) is 5.41. The van der Waals surface area contributed by atoms with Gasteiger partial charge in [-0.05, 0) is 25.0 Å². The number of benzene rings is 1. The lowest BCUT2D eigenvalue weighted by Crippen LogP contribution is -2.18. The average Bonchev–Trinajstić information content (AvgIpc) is 2.21. The molecule has 0 aliphatic carbocycles. The van der Waals surface area contributed by atoms with Crippen LogP contribution in [0.15, 0.2) is 18.2 Å². The van der Waals surface area contributed by atoms with Crippen molar-refractivity contribution in [2.24, 2.45) is 5.73 Å². The molecule has 6 heteroatoms. The summed E-state index contributed by atoms with van der Waals surface area (Å²) in [5.74, 6) is 0.0147. The molecule has 0 spiro atoms. The van der Waals surface area contributed by atoms with Crippen LogP contribution in [0.25, 0.3) is 0 Å². The van der Waals surface area contributed by atoms with E-state index in [2.05, 4.69) is 0 Å². The summed E-state index contributed by atoms with van der Waals surface area (Å²) in [5.41, 5.74) is 6.14. The molecule has 0 bridgehead atoms. The Bertz CT molecular complexity index is 361. The van der Waals surface area contributed by atoms with Crippen LogP contribution in [0.2, 0.25) is 6.32 Å². The van der Waals surface area contributed by atoms with Gasteiger partial charge in [-0.3, -0.25) is 0 Å². The van der Waals surface area contributed by atoms with E-state index in [0.29, 0.717) is 17.7 Å². The van der Waals surface area contributed by atoms with Crippen LogP contribution in [0.1, 0.15) is 12.5 Å². The summed E-state index contributed by atoms with van der Waals surface area (Å²) < 4.78 is 18.7. The third kappa shape index (κ3) is 5.17. The summed E-state index contributed by atoms with van der Waals surface area (Å²) in [6, 6.07) is 4.45. The fraction of sp³-hybridized carbons (Fsp3) is 0.455. The maximum absolute atomic E-state index is 13.6. The van der Waals surface area contributed by atoms with Gasteiger partial charge in [0.25, 0.3) is 0 Å². The lowest BCUT2D eigenvalue weighted by Gasteiger charge is -2.09. The van der Waals surface area contributed by atoms with Crippen molar-refractivity contribution in [3.8, 4) is 5.75 Å². The van der Waals surface area contributed by atoms with E-state index in [0.717, 1.165) is 0 Å². The van der Waals surface area contributed by atoms with Gasteiger partial charge in [0.1, 0.15) is 11.6 Å². The third-order valence-electron chi connectivity index (χ3n) is 2.21. The van der Waals surface area contributed by atoms with Crippen LogP contribution in [0, 0.1) is 5.82 Å². The first-order valence-corrected chi connectivity index (χ1v) is 5.52. The molecule has 4 nitrogen and oxygen atoms in total. The lowest BCUT2D eigenvalue weighted by molar-refractivity contribution is 0.315. The first kappa shape index (κ1) is 14.0. The summed E-state index contributed by atoms with van der Waals surface area (Å²) in [5, 5.41) is 17.2. The Balaban J connectivity index is 2.56. The van der Waals surface area contributed by atoms with E-state index in [1.165, 1.54) is 6.07 Å². The van der Waals surface area contributed by atoms with Gasteiger partial charge in [0.2, 0.25) is 0 Å². The number of ether oxygens (including phenoxy) is 1. The molecule has 1 aromatic rings. The molecule has 0 unspecified atom stereocenters. The van der Waals surface area contributed by atoms with Crippen LogP contribution in [-0.2, 0) is 6.42 Å². The van der Waals surface area contributed by atoms with E-state index in [4.69, 9.17) is 20.5 Å². The van der Waals surface area contributed by atoms with Crippen molar-refractivity contribution in [1.82, 2.24) is 0 Å². The Morgan fingerprint density at radius 3 is 2.71 bits per heavy atom. The Labute approximate surface area is 100 Å². The third-order valence-corrected chi connectivity index (χ3v) is 2.21. The minimum absolute atomic E-state index is 0.0865. The highest BCUT2D eigenvalue weighted by Gasteiger charge is 2.09. The van der Waals surface area contributed by atoms with Gasteiger partial charge in [-0.25, -0.2) is 4.39 Å². The van der Waals surface area contributed by atoms with Gasteiger partial charge in [0.15, 0.2) is 0 Å². The van der Waals surface area contributed by atoms with Gasteiger partial charge in [-0.15, -0.1) is 0 Å². The van der Waals surface area contributed by atoms with Gasteiger partial charge in [0.05, 0.1) is 6.61 Å². The van der Waals surface area contributed by atoms with Crippen LogP contribution < -0.4 is 10.5 Å². The van der Waals surface area contributed by atoms with Gasteiger partial charge >= 0.3 is 7.12 Å². The van der Waals surface area contributed by atoms with Crippen LogP contribution >= 0.6 is 0 Å². The molecular weight excluding hydrogens is 224 g/mol. The van der Waals surface area contributed by atoms with E-state index >= 15 is 0 Å². The molecule has 0 saturated heterocycles. The van der Waals surface area contributed by atoms with Gasteiger partial charge in [0, 0.05) is 18.4 Å². The SMILES string of the molecule is C[C@H](N)Cc1ccc(OCCB(O)O)cc1F. The summed E-state index contributed by atoms with van der Waals surface area (Å²) in [4.78, 5) is 0. The molecule has 0 heterocycles. The normalized spacial score (nSPS) is 12.3. The molecule has 1 aromatic carbocycles. The highest BCUT2D eigenvalue weighted by molar-refractivity contribution is 6.41. The molecule has 4 N–H and O–H groups in total. The molecule has 1 atom stereocenters. The smallest absolute Gasteiger partial charge is 0.454 e. The molecule has 0 aromatic heterocycles. The molecular formula is C11H17BFNO3. The Morgan fingerprint density at radius 2 is 2.18 bits per heavy atom. The van der Waals surface area contributed by atoms with Crippen molar-refractivity contribution >= 4 is 7.12 Å². The van der Waals surface area contributed by atoms with Gasteiger partial charge in [-0.2, -0.15) is 0 Å². The van der Waals surface area contributed by atoms with Crippen molar-refractivity contribution in [1.29, 1.82) is 0 Å². The molecule has 1 rings (SSSR count). The maximum atomic E-state index is 13.6. The molecule has 0 fully saturated rings. The van der Waals surface area contributed by atoms with Crippen LogP contribution in [0.5, 0.6) is 5.75 Å². The van der Waals surface area contributed by atoms with Crippen LogP contribution in [-0.4, -0.2) is 29.8 Å². The lowest BCUT2D eigenvalue weighted by atomic mass is 9.87. The van der Waals surface area contributed by atoms with Crippen LogP contribution in [0.4, 0.5) is 4.39 Å². The van der Waals surface area contributed by atoms with Gasteiger partial charge in [-0.1, -0.05) is 6.07 Å². The van der Waals surface area contributed by atoms with Crippen molar-refractivity contribution in [2.75, 3.05) is 6.61 Å². The number of hydrogen-bond donors (Lipinski definition) is 3. The fourth-order valence-electron chi connectivity index (χ4n) is 1.41. The first-order chi connectivity index (χ1) is 7.99. The van der Waals surface area contributed by atoms with Crippen molar-refractivity contribution in [3.63, 3.8) is 0 Å². The summed E-state index contributed by atoms with van der Waals surface area (Å²) in [7, 11) is -1.41. The second kappa shape index (κ2) is 6.59. The van der Waals surface area contributed by atoms with Crippen LogP contribution in [0.3, 0.4) is 0 Å². The average molecular weight is 241 g/mol. The second-order valence-corrected chi connectivity index (χ2v) is 4.05. The number of halogens is 1. The topological polar surface area (TPSA) is 75.7 Å². The minimum atomic E-state index is -1.41. The number of rotatable bonds is 6. The van der Waals surface area contributed by atoms with Crippen molar-refractivity contribution in [2.45, 2.75) is 25.7 Å². The predicted octanol–water partition coefficient (Wildman–Crippen LogP) is 0.567.